The molecule has 0 aromatic heterocycles. The van der Waals surface area contributed by atoms with Crippen molar-refractivity contribution in [3.05, 3.63) is 0 Å². The number of piperazine rings is 1. The van der Waals surface area contributed by atoms with Crippen LogP contribution in [-0.4, -0.2) is 61.0 Å². The number of carbonyl (C=O) groups is 1. The van der Waals surface area contributed by atoms with Crippen LogP contribution in [0.3, 0.4) is 0 Å². The van der Waals surface area contributed by atoms with Gasteiger partial charge < -0.3 is 10.2 Å². The lowest BCUT2D eigenvalue weighted by Crippen LogP contribution is -2.61. The van der Waals surface area contributed by atoms with Gasteiger partial charge in [-0.1, -0.05) is 13.8 Å². The third-order valence-corrected chi connectivity index (χ3v) is 6.97. The Morgan fingerprint density at radius 3 is 2.29 bits per heavy atom. The van der Waals surface area contributed by atoms with Crippen LogP contribution in [-0.2, 0) is 4.79 Å². The van der Waals surface area contributed by atoms with Gasteiger partial charge in [-0.15, -0.1) is 0 Å². The first-order chi connectivity index (χ1) is 9.83. The molecule has 3 rings (SSSR count). The number of fused-ring (bicyclic) bond motifs is 2. The lowest BCUT2D eigenvalue weighted by molar-refractivity contribution is -0.127. The van der Waals surface area contributed by atoms with E-state index >= 15 is 0 Å². The molecule has 1 N–H and O–H groups in total. The van der Waals surface area contributed by atoms with Crippen LogP contribution in [0, 0.1) is 17.3 Å². The van der Waals surface area contributed by atoms with Crippen LogP contribution in [0.25, 0.3) is 0 Å². The summed E-state index contributed by atoms with van der Waals surface area (Å²) in [6.07, 6.45) is 3.94. The SMILES string of the molecule is CN1CCN(CC(=O)N[C@@]2(C)[C@H]3CC[C@@H](C3)C2(C)C)CC1. The monoisotopic (exact) mass is 293 g/mol. The fourth-order valence-electron chi connectivity index (χ4n) is 4.91. The number of nitrogens with one attached hydrogen (secondary N) is 1. The summed E-state index contributed by atoms with van der Waals surface area (Å²) in [5, 5.41) is 3.44. The molecule has 1 heterocycles. The van der Waals surface area contributed by atoms with Crippen molar-refractivity contribution in [1.82, 2.24) is 15.1 Å². The summed E-state index contributed by atoms with van der Waals surface area (Å²) in [7, 11) is 2.15. The zero-order valence-corrected chi connectivity index (χ0v) is 14.1. The van der Waals surface area contributed by atoms with Crippen molar-refractivity contribution in [1.29, 1.82) is 0 Å². The molecule has 0 aromatic rings. The molecule has 2 aliphatic carbocycles. The van der Waals surface area contributed by atoms with Gasteiger partial charge >= 0.3 is 0 Å². The first-order valence-electron chi connectivity index (χ1n) is 8.55. The molecule has 3 atom stereocenters. The van der Waals surface area contributed by atoms with E-state index in [-0.39, 0.29) is 16.9 Å². The molecule has 0 unspecified atom stereocenters. The maximum atomic E-state index is 12.6. The molecule has 4 heteroatoms. The van der Waals surface area contributed by atoms with Crippen molar-refractivity contribution in [2.75, 3.05) is 39.8 Å². The number of hydrogen-bond donors (Lipinski definition) is 1. The van der Waals surface area contributed by atoms with E-state index in [4.69, 9.17) is 0 Å². The van der Waals surface area contributed by atoms with Gasteiger partial charge in [0.2, 0.25) is 5.91 Å². The Hall–Kier alpha value is -0.610. The normalized spacial score (nSPS) is 39.6. The Labute approximate surface area is 129 Å². The van der Waals surface area contributed by atoms with Gasteiger partial charge in [0.25, 0.3) is 0 Å². The summed E-state index contributed by atoms with van der Waals surface area (Å²) in [6.45, 7) is 11.7. The van der Waals surface area contributed by atoms with Gasteiger partial charge in [-0.3, -0.25) is 9.69 Å². The lowest BCUT2D eigenvalue weighted by atomic mass is 9.64. The highest BCUT2D eigenvalue weighted by atomic mass is 16.2. The number of carbonyl (C=O) groups excluding carboxylic acids is 1. The average molecular weight is 293 g/mol. The molecule has 0 radical (unpaired) electrons. The minimum atomic E-state index is -0.0143. The number of nitrogens with zero attached hydrogens (tertiary/aromatic N) is 2. The molecule has 2 bridgehead atoms. The van der Waals surface area contributed by atoms with Crippen molar-refractivity contribution < 1.29 is 4.79 Å². The van der Waals surface area contributed by atoms with E-state index in [0.717, 1.165) is 32.1 Å². The molecule has 0 spiro atoms. The molecule has 1 aliphatic heterocycles. The molecule has 21 heavy (non-hydrogen) atoms. The number of likely N-dealkylation sites (N-methyl/N-ethyl adjacent to an activating group) is 1. The van der Waals surface area contributed by atoms with Crippen molar-refractivity contribution >= 4 is 5.91 Å². The zero-order chi connectivity index (χ0) is 15.3. The second kappa shape index (κ2) is 5.24. The molecule has 1 saturated heterocycles. The number of hydrogen-bond acceptors (Lipinski definition) is 3. The summed E-state index contributed by atoms with van der Waals surface area (Å²) in [5.41, 5.74) is 0.216. The van der Waals surface area contributed by atoms with E-state index in [1.807, 2.05) is 0 Å². The minimum Gasteiger partial charge on any atom is -0.349 e. The molecule has 3 fully saturated rings. The summed E-state index contributed by atoms with van der Waals surface area (Å²) in [4.78, 5) is 17.2. The van der Waals surface area contributed by atoms with Gasteiger partial charge in [0.1, 0.15) is 0 Å². The van der Waals surface area contributed by atoms with Crippen LogP contribution in [0.15, 0.2) is 0 Å². The molecule has 3 aliphatic rings. The van der Waals surface area contributed by atoms with E-state index in [2.05, 4.69) is 42.9 Å². The van der Waals surface area contributed by atoms with Gasteiger partial charge in [-0.05, 0) is 50.5 Å². The van der Waals surface area contributed by atoms with E-state index in [0.29, 0.717) is 12.5 Å². The Bertz CT molecular complexity index is 414. The highest BCUT2D eigenvalue weighted by Gasteiger charge is 2.60. The van der Waals surface area contributed by atoms with E-state index in [9.17, 15) is 4.79 Å². The Kier molecular flexibility index (Phi) is 3.81. The summed E-state index contributed by atoms with van der Waals surface area (Å²) in [6, 6.07) is 0. The highest BCUT2D eigenvalue weighted by molar-refractivity contribution is 5.79. The largest absolute Gasteiger partial charge is 0.349 e. The standard InChI is InChI=1S/C17H31N3O/c1-16(2)13-5-6-14(11-13)17(16,3)18-15(21)12-20-9-7-19(4)8-10-20/h13-14H,5-12H2,1-4H3,(H,18,21)/t13-,14-,17-/m0/s1. The van der Waals surface area contributed by atoms with Crippen LogP contribution in [0.2, 0.25) is 0 Å². The Morgan fingerprint density at radius 2 is 1.71 bits per heavy atom. The van der Waals surface area contributed by atoms with Crippen LogP contribution >= 0.6 is 0 Å². The van der Waals surface area contributed by atoms with Gasteiger partial charge in [0.05, 0.1) is 6.54 Å². The molecule has 0 aromatic carbocycles. The smallest absolute Gasteiger partial charge is 0.234 e. The van der Waals surface area contributed by atoms with Gasteiger partial charge in [0.15, 0.2) is 0 Å². The molecule has 1 amide bonds. The third-order valence-electron chi connectivity index (χ3n) is 6.97. The van der Waals surface area contributed by atoms with Crippen molar-refractivity contribution in [2.45, 2.75) is 45.6 Å². The summed E-state index contributed by atoms with van der Waals surface area (Å²) in [5.74, 6) is 1.69. The second-order valence-corrected chi connectivity index (χ2v) is 8.26. The van der Waals surface area contributed by atoms with E-state index in [1.54, 1.807) is 0 Å². The predicted molar refractivity (Wildman–Crippen MR) is 85.1 cm³/mol. The number of amides is 1. The van der Waals surface area contributed by atoms with E-state index < -0.39 is 0 Å². The molecule has 4 nitrogen and oxygen atoms in total. The highest BCUT2D eigenvalue weighted by Crippen LogP contribution is 2.61. The first-order valence-corrected chi connectivity index (χ1v) is 8.55. The second-order valence-electron chi connectivity index (χ2n) is 8.26. The predicted octanol–water partition coefficient (Wildman–Crippen LogP) is 1.56. The molecule has 120 valence electrons. The van der Waals surface area contributed by atoms with Gasteiger partial charge in [0, 0.05) is 31.7 Å². The Balaban J connectivity index is 1.59. The lowest BCUT2D eigenvalue weighted by Gasteiger charge is -2.48. The van der Waals surface area contributed by atoms with Crippen LogP contribution in [0.1, 0.15) is 40.0 Å². The Morgan fingerprint density at radius 1 is 1.10 bits per heavy atom. The zero-order valence-electron chi connectivity index (χ0n) is 14.1. The quantitative estimate of drug-likeness (QED) is 0.858. The first kappa shape index (κ1) is 15.3. The van der Waals surface area contributed by atoms with Crippen molar-refractivity contribution in [2.24, 2.45) is 17.3 Å². The summed E-state index contributed by atoms with van der Waals surface area (Å²) < 4.78 is 0. The maximum Gasteiger partial charge on any atom is 0.234 e. The van der Waals surface area contributed by atoms with Crippen LogP contribution < -0.4 is 5.32 Å². The fourth-order valence-corrected chi connectivity index (χ4v) is 4.91. The maximum absolute atomic E-state index is 12.6. The van der Waals surface area contributed by atoms with Crippen molar-refractivity contribution in [3.63, 3.8) is 0 Å². The minimum absolute atomic E-state index is 0.0143. The van der Waals surface area contributed by atoms with Gasteiger partial charge in [-0.25, -0.2) is 0 Å². The third kappa shape index (κ3) is 2.50. The van der Waals surface area contributed by atoms with Crippen LogP contribution in [0.4, 0.5) is 0 Å². The molecular weight excluding hydrogens is 262 g/mol. The van der Waals surface area contributed by atoms with E-state index in [1.165, 1.54) is 19.3 Å². The average Bonchev–Trinajstić information content (AvgIpc) is 2.96. The molecular formula is C17H31N3O. The fraction of sp³-hybridized carbons (Fsp3) is 0.941. The van der Waals surface area contributed by atoms with Crippen LogP contribution in [0.5, 0.6) is 0 Å². The number of rotatable bonds is 3. The van der Waals surface area contributed by atoms with Gasteiger partial charge in [-0.2, -0.15) is 0 Å². The van der Waals surface area contributed by atoms with Crippen molar-refractivity contribution in [3.8, 4) is 0 Å². The molecule has 2 saturated carbocycles. The topological polar surface area (TPSA) is 35.6 Å². The summed E-state index contributed by atoms with van der Waals surface area (Å²) >= 11 is 0.